The van der Waals surface area contributed by atoms with E-state index in [9.17, 15) is 9.18 Å². The van der Waals surface area contributed by atoms with Crippen LogP contribution in [0.25, 0.3) is 22.6 Å². The van der Waals surface area contributed by atoms with Gasteiger partial charge in [-0.15, -0.1) is 0 Å². The van der Waals surface area contributed by atoms with Gasteiger partial charge in [0.15, 0.2) is 5.58 Å². The Morgan fingerprint density at radius 2 is 1.82 bits per heavy atom. The lowest BCUT2D eigenvalue weighted by molar-refractivity contribution is 0.102. The molecule has 28 heavy (non-hydrogen) atoms. The summed E-state index contributed by atoms with van der Waals surface area (Å²) in [4.78, 5) is 16.9. The van der Waals surface area contributed by atoms with Crippen LogP contribution >= 0.6 is 23.2 Å². The zero-order valence-corrected chi connectivity index (χ0v) is 16.1. The minimum absolute atomic E-state index is 0.275. The number of nitrogens with zero attached hydrogens (tertiary/aromatic N) is 1. The van der Waals surface area contributed by atoms with Gasteiger partial charge in [-0.25, -0.2) is 9.37 Å². The fraction of sp³-hybridized carbons (Fsp3) is 0.0476. The van der Waals surface area contributed by atoms with E-state index in [0.29, 0.717) is 43.5 Å². The number of carbonyl (C=O) groups is 1. The third-order valence-corrected chi connectivity index (χ3v) is 4.87. The number of benzene rings is 3. The highest BCUT2D eigenvalue weighted by Gasteiger charge is 2.16. The SMILES string of the molecule is Cc1cc(NC(=O)c2ccc3nc(-c4c(Cl)cccc4Cl)oc3c2)ccc1F. The Kier molecular flexibility index (Phi) is 4.79. The standard InChI is InChI=1S/C21H13Cl2FN2O2/c1-11-9-13(6-7-16(11)24)25-20(27)12-5-8-17-18(10-12)28-21(26-17)19-14(22)3-2-4-15(19)23/h2-10H,1H3,(H,25,27). The summed E-state index contributed by atoms with van der Waals surface area (Å²) in [7, 11) is 0. The van der Waals surface area contributed by atoms with Gasteiger partial charge in [0.2, 0.25) is 5.89 Å². The molecule has 0 aliphatic rings. The number of halogens is 3. The fourth-order valence-corrected chi connectivity index (χ4v) is 3.36. The highest BCUT2D eigenvalue weighted by atomic mass is 35.5. The van der Waals surface area contributed by atoms with Gasteiger partial charge in [-0.3, -0.25) is 4.79 Å². The van der Waals surface area contributed by atoms with Crippen molar-refractivity contribution in [1.29, 1.82) is 0 Å². The molecule has 0 aliphatic carbocycles. The number of aromatic nitrogens is 1. The molecule has 7 heteroatoms. The van der Waals surface area contributed by atoms with Gasteiger partial charge >= 0.3 is 0 Å². The first-order valence-electron chi connectivity index (χ1n) is 8.35. The lowest BCUT2D eigenvalue weighted by atomic mass is 10.1. The average Bonchev–Trinajstić information content (AvgIpc) is 3.07. The van der Waals surface area contributed by atoms with Crippen LogP contribution in [0.5, 0.6) is 0 Å². The smallest absolute Gasteiger partial charge is 0.255 e. The van der Waals surface area contributed by atoms with Gasteiger partial charge in [0, 0.05) is 11.3 Å². The van der Waals surface area contributed by atoms with Crippen molar-refractivity contribution in [2.75, 3.05) is 5.32 Å². The highest BCUT2D eigenvalue weighted by Crippen LogP contribution is 2.35. The van der Waals surface area contributed by atoms with Crippen molar-refractivity contribution >= 4 is 45.9 Å². The maximum atomic E-state index is 13.4. The third kappa shape index (κ3) is 3.46. The van der Waals surface area contributed by atoms with E-state index in [0.717, 1.165) is 0 Å². The lowest BCUT2D eigenvalue weighted by Gasteiger charge is -2.06. The molecular formula is C21H13Cl2FN2O2. The molecular weight excluding hydrogens is 402 g/mol. The van der Waals surface area contributed by atoms with Crippen LogP contribution in [0.2, 0.25) is 10.0 Å². The first-order valence-corrected chi connectivity index (χ1v) is 9.10. The van der Waals surface area contributed by atoms with E-state index in [1.807, 2.05) is 0 Å². The molecule has 140 valence electrons. The maximum absolute atomic E-state index is 13.4. The molecule has 4 rings (SSSR count). The number of hydrogen-bond donors (Lipinski definition) is 1. The van der Waals surface area contributed by atoms with Crippen molar-refractivity contribution in [3.8, 4) is 11.5 Å². The number of amides is 1. The normalized spacial score (nSPS) is 11.0. The van der Waals surface area contributed by atoms with E-state index in [2.05, 4.69) is 10.3 Å². The van der Waals surface area contributed by atoms with Gasteiger partial charge in [0.25, 0.3) is 5.91 Å². The van der Waals surface area contributed by atoms with Crippen molar-refractivity contribution in [2.45, 2.75) is 6.92 Å². The van der Waals surface area contributed by atoms with E-state index in [1.54, 1.807) is 49.4 Å². The molecule has 1 amide bonds. The molecule has 4 aromatic rings. The molecule has 0 atom stereocenters. The van der Waals surface area contributed by atoms with E-state index in [-0.39, 0.29) is 17.6 Å². The fourth-order valence-electron chi connectivity index (χ4n) is 2.80. The minimum Gasteiger partial charge on any atom is -0.436 e. The maximum Gasteiger partial charge on any atom is 0.255 e. The zero-order valence-electron chi connectivity index (χ0n) is 14.6. The van der Waals surface area contributed by atoms with Crippen LogP contribution in [0, 0.1) is 12.7 Å². The minimum atomic E-state index is -0.346. The van der Waals surface area contributed by atoms with Crippen LogP contribution in [-0.4, -0.2) is 10.9 Å². The molecule has 1 N–H and O–H groups in total. The average molecular weight is 415 g/mol. The van der Waals surface area contributed by atoms with Crippen LogP contribution in [0.1, 0.15) is 15.9 Å². The number of fused-ring (bicyclic) bond motifs is 1. The van der Waals surface area contributed by atoms with Crippen molar-refractivity contribution < 1.29 is 13.6 Å². The summed E-state index contributed by atoms with van der Waals surface area (Å²) in [6.07, 6.45) is 0. The first kappa shape index (κ1) is 18.5. The number of aryl methyl sites for hydroxylation is 1. The molecule has 0 saturated carbocycles. The van der Waals surface area contributed by atoms with E-state index in [4.69, 9.17) is 27.6 Å². The van der Waals surface area contributed by atoms with E-state index < -0.39 is 0 Å². The Morgan fingerprint density at radius 3 is 2.54 bits per heavy atom. The predicted molar refractivity (Wildman–Crippen MR) is 109 cm³/mol. The summed E-state index contributed by atoms with van der Waals surface area (Å²) in [5.41, 5.74) is 2.82. The van der Waals surface area contributed by atoms with Crippen molar-refractivity contribution in [3.05, 3.63) is 81.6 Å². The Balaban J connectivity index is 1.66. The van der Waals surface area contributed by atoms with Crippen molar-refractivity contribution in [1.82, 2.24) is 4.98 Å². The molecule has 0 bridgehead atoms. The summed E-state index contributed by atoms with van der Waals surface area (Å²) in [5, 5.41) is 3.58. The highest BCUT2D eigenvalue weighted by molar-refractivity contribution is 6.38. The number of carbonyl (C=O) groups excluding carboxylic acids is 1. The first-order chi connectivity index (χ1) is 13.4. The number of hydrogen-bond acceptors (Lipinski definition) is 3. The summed E-state index contributed by atoms with van der Waals surface area (Å²) in [5.74, 6) is -0.397. The monoisotopic (exact) mass is 414 g/mol. The van der Waals surface area contributed by atoms with Crippen LogP contribution in [0.3, 0.4) is 0 Å². The predicted octanol–water partition coefficient (Wildman–Crippen LogP) is 6.50. The molecule has 0 aliphatic heterocycles. The number of rotatable bonds is 3. The van der Waals surface area contributed by atoms with Crippen molar-refractivity contribution in [2.24, 2.45) is 0 Å². The van der Waals surface area contributed by atoms with Crippen LogP contribution in [-0.2, 0) is 0 Å². The second-order valence-corrected chi connectivity index (χ2v) is 7.03. The molecule has 0 saturated heterocycles. The second kappa shape index (κ2) is 7.26. The van der Waals surface area contributed by atoms with Gasteiger partial charge in [-0.1, -0.05) is 29.3 Å². The summed E-state index contributed by atoms with van der Waals surface area (Å²) < 4.78 is 19.2. The van der Waals surface area contributed by atoms with Crippen LogP contribution in [0.4, 0.5) is 10.1 Å². The van der Waals surface area contributed by atoms with Gasteiger partial charge in [-0.05, 0) is 61.0 Å². The van der Waals surface area contributed by atoms with Crippen LogP contribution < -0.4 is 5.32 Å². The number of oxazole rings is 1. The van der Waals surface area contributed by atoms with Crippen LogP contribution in [0.15, 0.2) is 59.0 Å². The van der Waals surface area contributed by atoms with Gasteiger partial charge in [0.1, 0.15) is 11.3 Å². The molecule has 1 heterocycles. The summed E-state index contributed by atoms with van der Waals surface area (Å²) in [6.45, 7) is 1.63. The molecule has 4 nitrogen and oxygen atoms in total. The van der Waals surface area contributed by atoms with E-state index >= 15 is 0 Å². The van der Waals surface area contributed by atoms with E-state index in [1.165, 1.54) is 12.1 Å². The Morgan fingerprint density at radius 1 is 1.07 bits per heavy atom. The summed E-state index contributed by atoms with van der Waals surface area (Å²) >= 11 is 12.4. The Labute approximate surface area is 169 Å². The Hall–Kier alpha value is -2.89. The molecule has 0 spiro atoms. The number of nitrogens with one attached hydrogen (secondary N) is 1. The quantitative estimate of drug-likeness (QED) is 0.416. The molecule has 0 unspecified atom stereocenters. The largest absolute Gasteiger partial charge is 0.436 e. The molecule has 1 aromatic heterocycles. The van der Waals surface area contributed by atoms with Crippen molar-refractivity contribution in [3.63, 3.8) is 0 Å². The summed E-state index contributed by atoms with van der Waals surface area (Å²) in [6, 6.07) is 14.4. The van der Waals surface area contributed by atoms with Gasteiger partial charge in [-0.2, -0.15) is 0 Å². The van der Waals surface area contributed by atoms with Gasteiger partial charge in [0.05, 0.1) is 15.6 Å². The van der Waals surface area contributed by atoms with Gasteiger partial charge < -0.3 is 9.73 Å². The number of anilines is 1. The Bertz CT molecular complexity index is 1200. The zero-order chi connectivity index (χ0) is 19.8. The molecule has 0 fully saturated rings. The molecule has 0 radical (unpaired) electrons. The topological polar surface area (TPSA) is 55.1 Å². The second-order valence-electron chi connectivity index (χ2n) is 6.22. The lowest BCUT2D eigenvalue weighted by Crippen LogP contribution is -2.11. The third-order valence-electron chi connectivity index (χ3n) is 4.24. The molecule has 3 aromatic carbocycles.